The summed E-state index contributed by atoms with van der Waals surface area (Å²) in [4.78, 5) is 18.6. The minimum Gasteiger partial charge on any atom is -0.479 e. The highest BCUT2D eigenvalue weighted by Crippen LogP contribution is 2.36. The summed E-state index contributed by atoms with van der Waals surface area (Å²) in [5.41, 5.74) is 1.56. The molecule has 2 unspecified atom stereocenters. The predicted molar refractivity (Wildman–Crippen MR) is 148 cm³/mol. The molecule has 1 fully saturated rings. The van der Waals surface area contributed by atoms with Gasteiger partial charge in [-0.3, -0.25) is 0 Å². The molecule has 2 atom stereocenters. The largest absolute Gasteiger partial charge is 0.479 e. The molecule has 11 heteroatoms. The average molecular weight is 596 g/mol. The van der Waals surface area contributed by atoms with Gasteiger partial charge in [0.05, 0.1) is 24.5 Å². The van der Waals surface area contributed by atoms with Gasteiger partial charge < -0.3 is 18.9 Å². The highest BCUT2D eigenvalue weighted by molar-refractivity contribution is 7.98. The Morgan fingerprint density at radius 3 is 2.62 bits per heavy atom. The Labute approximate surface area is 240 Å². The summed E-state index contributed by atoms with van der Waals surface area (Å²) in [6.45, 7) is 6.53. The molecule has 0 N–H and O–H groups in total. The molecule has 0 saturated carbocycles. The molecule has 0 spiro atoms. The number of ether oxygens (including phenoxy) is 4. The fourth-order valence-corrected chi connectivity index (χ4v) is 6.21. The zero-order chi connectivity index (χ0) is 28.7. The van der Waals surface area contributed by atoms with Crippen LogP contribution in [0.1, 0.15) is 54.8 Å². The number of halogens is 3. The molecule has 6 nitrogen and oxygen atoms in total. The first-order valence-electron chi connectivity index (χ1n) is 13.1. The second kappa shape index (κ2) is 13.8. The van der Waals surface area contributed by atoms with Gasteiger partial charge in [0, 0.05) is 27.7 Å². The molecule has 0 aliphatic carbocycles. The zero-order valence-corrected chi connectivity index (χ0v) is 24.2. The summed E-state index contributed by atoms with van der Waals surface area (Å²) in [6, 6.07) is 10.8. The van der Waals surface area contributed by atoms with Gasteiger partial charge >= 0.3 is 12.1 Å². The smallest absolute Gasteiger partial charge is 0.416 e. The van der Waals surface area contributed by atoms with E-state index >= 15 is 0 Å². The lowest BCUT2D eigenvalue weighted by molar-refractivity contribution is -0.169. The zero-order valence-electron chi connectivity index (χ0n) is 22.6. The van der Waals surface area contributed by atoms with Crippen molar-refractivity contribution in [2.24, 2.45) is 0 Å². The molecule has 0 amide bonds. The van der Waals surface area contributed by atoms with Crippen molar-refractivity contribution in [3.8, 4) is 16.3 Å². The van der Waals surface area contributed by atoms with Crippen molar-refractivity contribution in [1.82, 2.24) is 4.98 Å². The maximum atomic E-state index is 13.0. The van der Waals surface area contributed by atoms with Crippen molar-refractivity contribution in [1.29, 1.82) is 0 Å². The van der Waals surface area contributed by atoms with E-state index in [2.05, 4.69) is 0 Å². The maximum Gasteiger partial charge on any atom is 0.416 e. The van der Waals surface area contributed by atoms with Crippen LogP contribution >= 0.6 is 23.1 Å². The van der Waals surface area contributed by atoms with Gasteiger partial charge in [-0.15, -0.1) is 23.1 Å². The lowest BCUT2D eigenvalue weighted by atomic mass is 10.1. The van der Waals surface area contributed by atoms with Gasteiger partial charge in [-0.05, 0) is 75.9 Å². The van der Waals surface area contributed by atoms with Gasteiger partial charge in [0.15, 0.2) is 12.4 Å². The fraction of sp³-hybridized carbons (Fsp3) is 0.448. The van der Waals surface area contributed by atoms with Gasteiger partial charge in [-0.25, -0.2) is 9.78 Å². The average Bonchev–Trinajstić information content (AvgIpc) is 3.35. The number of hydrogen-bond donors (Lipinski definition) is 0. The molecule has 1 saturated heterocycles. The van der Waals surface area contributed by atoms with Crippen LogP contribution in [0.4, 0.5) is 13.2 Å². The molecular weight excluding hydrogens is 563 g/mol. The molecule has 2 heterocycles. The molecule has 0 radical (unpaired) electrons. The van der Waals surface area contributed by atoms with Crippen molar-refractivity contribution >= 4 is 29.1 Å². The molecular formula is C29H32F3NO5S2. The van der Waals surface area contributed by atoms with Crippen LogP contribution in [0.5, 0.6) is 5.75 Å². The minimum atomic E-state index is -4.39. The molecule has 4 rings (SSSR count). The van der Waals surface area contributed by atoms with Crippen LogP contribution in [-0.4, -0.2) is 36.6 Å². The molecule has 40 heavy (non-hydrogen) atoms. The lowest BCUT2D eigenvalue weighted by Gasteiger charge is -2.22. The highest BCUT2D eigenvalue weighted by atomic mass is 32.2. The lowest BCUT2D eigenvalue weighted by Crippen LogP contribution is -2.26. The third kappa shape index (κ3) is 8.22. The van der Waals surface area contributed by atoms with E-state index in [1.807, 2.05) is 25.1 Å². The summed E-state index contributed by atoms with van der Waals surface area (Å²) in [5.74, 6) is 0.790. The number of carbonyl (C=O) groups excluding carboxylic acids is 1. The van der Waals surface area contributed by atoms with Crippen LogP contribution in [0.2, 0.25) is 0 Å². The van der Waals surface area contributed by atoms with Crippen LogP contribution < -0.4 is 4.74 Å². The number of esters is 1. The highest BCUT2D eigenvalue weighted by Gasteiger charge is 2.30. The van der Waals surface area contributed by atoms with Gasteiger partial charge in [-0.2, -0.15) is 13.2 Å². The Morgan fingerprint density at radius 2 is 1.98 bits per heavy atom. The number of aryl methyl sites for hydroxylation is 1. The number of thiazole rings is 1. The van der Waals surface area contributed by atoms with Gasteiger partial charge in [0.1, 0.15) is 10.8 Å². The summed E-state index contributed by atoms with van der Waals surface area (Å²) >= 11 is 3.05. The standard InChI is InChI=1S/C29H32F3NO5S2/c1-4-35-28(34)19(3)38-24-13-12-22(15-18(24)2)39-17-25-23(16-37-26-7-5-6-14-36-26)33-27(40-25)20-8-10-21(11-9-20)29(30,31)32/h8-13,15,19,26H,4-7,14,16-17H2,1-3H3. The fourth-order valence-electron chi connectivity index (χ4n) is 4.04. The van der Waals surface area contributed by atoms with Crippen molar-refractivity contribution < 1.29 is 36.9 Å². The van der Waals surface area contributed by atoms with Crippen LogP contribution in [0, 0.1) is 6.92 Å². The summed E-state index contributed by atoms with van der Waals surface area (Å²) in [5, 5.41) is 0.639. The van der Waals surface area contributed by atoms with Gasteiger partial charge in [0.25, 0.3) is 0 Å². The van der Waals surface area contributed by atoms with E-state index in [0.717, 1.165) is 52.4 Å². The van der Waals surface area contributed by atoms with E-state index in [4.69, 9.17) is 23.9 Å². The van der Waals surface area contributed by atoms with E-state index < -0.39 is 23.8 Å². The third-order valence-corrected chi connectivity index (χ3v) is 8.57. The summed E-state index contributed by atoms with van der Waals surface area (Å²) in [6.07, 6.45) is -2.51. The molecule has 216 valence electrons. The second-order valence-corrected chi connectivity index (χ2v) is 11.4. The number of nitrogens with zero attached hydrogens (tertiary/aromatic N) is 1. The summed E-state index contributed by atoms with van der Waals surface area (Å²) < 4.78 is 61.6. The SMILES string of the molecule is CCOC(=O)C(C)Oc1ccc(SCc2sc(-c3ccc(C(F)(F)F)cc3)nc2COC2CCCCO2)cc1C. The molecule has 1 aliphatic heterocycles. The normalized spacial score (nSPS) is 16.5. The molecule has 1 aliphatic rings. The van der Waals surface area contributed by atoms with Gasteiger partial charge in [0.2, 0.25) is 0 Å². The van der Waals surface area contributed by atoms with Crippen LogP contribution in [0.15, 0.2) is 47.4 Å². The Bertz CT molecular complexity index is 1270. The van der Waals surface area contributed by atoms with Crippen molar-refractivity contribution in [3.05, 3.63) is 64.2 Å². The Balaban J connectivity index is 1.48. The Kier molecular flexibility index (Phi) is 10.5. The van der Waals surface area contributed by atoms with E-state index in [9.17, 15) is 18.0 Å². The van der Waals surface area contributed by atoms with E-state index in [-0.39, 0.29) is 12.9 Å². The van der Waals surface area contributed by atoms with Crippen molar-refractivity contribution in [3.63, 3.8) is 0 Å². The predicted octanol–water partition coefficient (Wildman–Crippen LogP) is 7.80. The molecule has 1 aromatic heterocycles. The first-order valence-corrected chi connectivity index (χ1v) is 14.9. The number of aromatic nitrogens is 1. The topological polar surface area (TPSA) is 66.9 Å². The van der Waals surface area contributed by atoms with E-state index in [0.29, 0.717) is 35.3 Å². The monoisotopic (exact) mass is 595 g/mol. The van der Waals surface area contributed by atoms with Crippen LogP contribution in [0.25, 0.3) is 10.6 Å². The molecule has 0 bridgehead atoms. The van der Waals surface area contributed by atoms with Crippen LogP contribution in [0.3, 0.4) is 0 Å². The Morgan fingerprint density at radius 1 is 1.20 bits per heavy atom. The Hall–Kier alpha value is -2.60. The number of hydrogen-bond acceptors (Lipinski definition) is 8. The first-order chi connectivity index (χ1) is 19.1. The van der Waals surface area contributed by atoms with Gasteiger partial charge in [-0.1, -0.05) is 12.1 Å². The van der Waals surface area contributed by atoms with Crippen LogP contribution in [-0.2, 0) is 37.5 Å². The first kappa shape index (κ1) is 30.4. The second-order valence-electron chi connectivity index (χ2n) is 9.30. The summed E-state index contributed by atoms with van der Waals surface area (Å²) in [7, 11) is 0. The number of rotatable bonds is 11. The minimum absolute atomic E-state index is 0.259. The maximum absolute atomic E-state index is 13.0. The molecule has 3 aromatic rings. The van der Waals surface area contributed by atoms with E-state index in [1.54, 1.807) is 25.6 Å². The quantitative estimate of drug-likeness (QED) is 0.166. The number of thioether (sulfide) groups is 1. The number of alkyl halides is 3. The number of benzene rings is 2. The number of carbonyl (C=O) groups is 1. The third-order valence-electron chi connectivity index (χ3n) is 6.22. The van der Waals surface area contributed by atoms with Crippen molar-refractivity contribution in [2.75, 3.05) is 13.2 Å². The van der Waals surface area contributed by atoms with Crippen molar-refractivity contribution in [2.45, 2.75) is 75.9 Å². The van der Waals surface area contributed by atoms with E-state index in [1.165, 1.54) is 23.5 Å². The molecule has 2 aromatic carbocycles.